The van der Waals surface area contributed by atoms with E-state index in [2.05, 4.69) is 25.8 Å². The second-order valence-electron chi connectivity index (χ2n) is 4.87. The molecule has 0 aromatic heterocycles. The fourth-order valence-corrected chi connectivity index (χ4v) is 2.20. The molecule has 1 aliphatic carbocycles. The third-order valence-electron chi connectivity index (χ3n) is 3.47. The molecule has 2 heteroatoms. The first-order valence-electron chi connectivity index (χ1n) is 5.41. The van der Waals surface area contributed by atoms with Gasteiger partial charge in [0.05, 0.1) is 0 Å². The van der Waals surface area contributed by atoms with Crippen molar-refractivity contribution in [2.75, 3.05) is 20.2 Å². The van der Waals surface area contributed by atoms with E-state index in [0.717, 1.165) is 6.54 Å². The molecular formula is C11H23NO. The highest BCUT2D eigenvalue weighted by atomic mass is 16.3. The molecule has 0 spiro atoms. The highest BCUT2D eigenvalue weighted by Crippen LogP contribution is 2.38. The summed E-state index contributed by atoms with van der Waals surface area (Å²) < 4.78 is 0. The number of hydrogen-bond acceptors (Lipinski definition) is 2. The molecule has 0 bridgehead atoms. The van der Waals surface area contributed by atoms with Crippen molar-refractivity contribution in [2.45, 2.75) is 45.6 Å². The molecule has 1 aliphatic rings. The Balaban J connectivity index is 2.48. The molecule has 13 heavy (non-hydrogen) atoms. The van der Waals surface area contributed by atoms with E-state index >= 15 is 0 Å². The Bertz CT molecular complexity index is 150. The van der Waals surface area contributed by atoms with Gasteiger partial charge in [0.25, 0.3) is 0 Å². The molecule has 1 rings (SSSR count). The fourth-order valence-electron chi connectivity index (χ4n) is 2.20. The summed E-state index contributed by atoms with van der Waals surface area (Å²) in [7, 11) is 2.15. The van der Waals surface area contributed by atoms with Crippen LogP contribution < -0.4 is 0 Å². The Hall–Kier alpha value is -0.0800. The van der Waals surface area contributed by atoms with Crippen LogP contribution in [-0.4, -0.2) is 36.2 Å². The van der Waals surface area contributed by atoms with Gasteiger partial charge in [0, 0.05) is 24.6 Å². The van der Waals surface area contributed by atoms with Crippen LogP contribution in [0, 0.1) is 5.41 Å². The third kappa shape index (κ3) is 2.68. The number of nitrogens with zero attached hydrogens (tertiary/aromatic N) is 1. The lowest BCUT2D eigenvalue weighted by atomic mass is 9.86. The standard InChI is InChI=1S/C11H23NO/c1-10(2)12(3)8-11(9-13)6-4-5-7-11/h10,13H,4-9H2,1-3H3. The summed E-state index contributed by atoms with van der Waals surface area (Å²) in [5.74, 6) is 0. The van der Waals surface area contributed by atoms with Gasteiger partial charge in [-0.2, -0.15) is 0 Å². The smallest absolute Gasteiger partial charge is 0.0499 e. The van der Waals surface area contributed by atoms with Gasteiger partial charge in [-0.1, -0.05) is 12.8 Å². The highest BCUT2D eigenvalue weighted by molar-refractivity contribution is 4.86. The van der Waals surface area contributed by atoms with Crippen LogP contribution in [0.2, 0.25) is 0 Å². The van der Waals surface area contributed by atoms with Crippen molar-refractivity contribution >= 4 is 0 Å². The molecular weight excluding hydrogens is 162 g/mol. The summed E-state index contributed by atoms with van der Waals surface area (Å²) in [5.41, 5.74) is 0.221. The predicted molar refractivity (Wildman–Crippen MR) is 55.8 cm³/mol. The molecule has 0 saturated heterocycles. The van der Waals surface area contributed by atoms with Gasteiger partial charge >= 0.3 is 0 Å². The van der Waals surface area contributed by atoms with Crippen molar-refractivity contribution < 1.29 is 5.11 Å². The maximum Gasteiger partial charge on any atom is 0.0499 e. The van der Waals surface area contributed by atoms with Gasteiger partial charge in [-0.15, -0.1) is 0 Å². The van der Waals surface area contributed by atoms with Crippen molar-refractivity contribution in [3.05, 3.63) is 0 Å². The van der Waals surface area contributed by atoms with Crippen LogP contribution in [0.4, 0.5) is 0 Å². The molecule has 0 radical (unpaired) electrons. The van der Waals surface area contributed by atoms with E-state index in [4.69, 9.17) is 0 Å². The maximum absolute atomic E-state index is 9.42. The van der Waals surface area contributed by atoms with Crippen molar-refractivity contribution in [1.82, 2.24) is 4.90 Å². The summed E-state index contributed by atoms with van der Waals surface area (Å²) in [6, 6.07) is 0.587. The third-order valence-corrected chi connectivity index (χ3v) is 3.47. The second kappa shape index (κ2) is 4.43. The second-order valence-corrected chi connectivity index (χ2v) is 4.87. The van der Waals surface area contributed by atoms with Crippen molar-refractivity contribution in [2.24, 2.45) is 5.41 Å². The minimum Gasteiger partial charge on any atom is -0.396 e. The molecule has 78 valence electrons. The lowest BCUT2D eigenvalue weighted by Gasteiger charge is -2.33. The first kappa shape index (κ1) is 11.0. The van der Waals surface area contributed by atoms with Crippen molar-refractivity contribution in [3.63, 3.8) is 0 Å². The van der Waals surface area contributed by atoms with Gasteiger partial charge in [-0.3, -0.25) is 0 Å². The Kier molecular flexibility index (Phi) is 3.74. The average Bonchev–Trinajstić information content (AvgIpc) is 2.54. The monoisotopic (exact) mass is 185 g/mol. The van der Waals surface area contributed by atoms with Gasteiger partial charge in [-0.25, -0.2) is 0 Å². The van der Waals surface area contributed by atoms with Crippen LogP contribution in [0.1, 0.15) is 39.5 Å². The molecule has 0 aromatic carbocycles. The van der Waals surface area contributed by atoms with Gasteiger partial charge < -0.3 is 10.0 Å². The molecule has 0 aliphatic heterocycles. The van der Waals surface area contributed by atoms with Gasteiger partial charge in [0.1, 0.15) is 0 Å². The van der Waals surface area contributed by atoms with Crippen LogP contribution >= 0.6 is 0 Å². The minimum atomic E-state index is 0.221. The van der Waals surface area contributed by atoms with Gasteiger partial charge in [-0.05, 0) is 33.7 Å². The Labute approximate surface area is 81.9 Å². The summed E-state index contributed by atoms with van der Waals surface area (Å²) in [6.07, 6.45) is 5.01. The normalized spacial score (nSPS) is 21.7. The Morgan fingerprint density at radius 3 is 2.23 bits per heavy atom. The zero-order chi connectivity index (χ0) is 9.90. The average molecular weight is 185 g/mol. The molecule has 1 fully saturated rings. The zero-order valence-electron chi connectivity index (χ0n) is 9.21. The summed E-state index contributed by atoms with van der Waals surface area (Å²) in [5, 5.41) is 9.42. The summed E-state index contributed by atoms with van der Waals surface area (Å²) in [4.78, 5) is 2.35. The van der Waals surface area contributed by atoms with Crippen LogP contribution in [0.15, 0.2) is 0 Å². The molecule has 0 unspecified atom stereocenters. The molecule has 0 heterocycles. The van der Waals surface area contributed by atoms with E-state index < -0.39 is 0 Å². The summed E-state index contributed by atoms with van der Waals surface area (Å²) >= 11 is 0. The molecule has 2 nitrogen and oxygen atoms in total. The van der Waals surface area contributed by atoms with E-state index in [1.165, 1.54) is 25.7 Å². The van der Waals surface area contributed by atoms with Crippen molar-refractivity contribution in [1.29, 1.82) is 0 Å². The van der Waals surface area contributed by atoms with E-state index in [0.29, 0.717) is 12.6 Å². The fraction of sp³-hybridized carbons (Fsp3) is 1.00. The van der Waals surface area contributed by atoms with E-state index in [9.17, 15) is 5.11 Å². The first-order valence-corrected chi connectivity index (χ1v) is 5.41. The van der Waals surface area contributed by atoms with Crippen LogP contribution in [0.25, 0.3) is 0 Å². The first-order chi connectivity index (χ1) is 6.09. The van der Waals surface area contributed by atoms with Gasteiger partial charge in [0.15, 0.2) is 0 Å². The zero-order valence-corrected chi connectivity index (χ0v) is 9.21. The van der Waals surface area contributed by atoms with Crippen LogP contribution in [0.5, 0.6) is 0 Å². The number of aliphatic hydroxyl groups excluding tert-OH is 1. The predicted octanol–water partition coefficient (Wildman–Crippen LogP) is 1.88. The van der Waals surface area contributed by atoms with E-state index in [1.54, 1.807) is 0 Å². The number of aliphatic hydroxyl groups is 1. The molecule has 0 atom stereocenters. The molecule has 0 aromatic rings. The molecule has 0 amide bonds. The number of rotatable bonds is 4. The molecule has 1 saturated carbocycles. The lowest BCUT2D eigenvalue weighted by molar-refractivity contribution is 0.0778. The quantitative estimate of drug-likeness (QED) is 0.723. The highest BCUT2D eigenvalue weighted by Gasteiger charge is 2.34. The SMILES string of the molecule is CC(C)N(C)CC1(CO)CCCC1. The summed E-state index contributed by atoms with van der Waals surface area (Å²) in [6.45, 7) is 5.84. The van der Waals surface area contributed by atoms with Crippen LogP contribution in [0.3, 0.4) is 0 Å². The largest absolute Gasteiger partial charge is 0.396 e. The topological polar surface area (TPSA) is 23.5 Å². The van der Waals surface area contributed by atoms with E-state index in [1.807, 2.05) is 0 Å². The molecule has 1 N–H and O–H groups in total. The van der Waals surface area contributed by atoms with E-state index in [-0.39, 0.29) is 5.41 Å². The maximum atomic E-state index is 9.42. The van der Waals surface area contributed by atoms with Crippen molar-refractivity contribution in [3.8, 4) is 0 Å². The number of hydrogen-bond donors (Lipinski definition) is 1. The minimum absolute atomic E-state index is 0.221. The lowest BCUT2D eigenvalue weighted by Crippen LogP contribution is -2.39. The van der Waals surface area contributed by atoms with Crippen LogP contribution in [-0.2, 0) is 0 Å². The Morgan fingerprint density at radius 1 is 1.31 bits per heavy atom. The van der Waals surface area contributed by atoms with Gasteiger partial charge in [0.2, 0.25) is 0 Å². The Morgan fingerprint density at radius 2 is 1.85 bits per heavy atom.